The highest BCUT2D eigenvalue weighted by molar-refractivity contribution is 5.63. The van der Waals surface area contributed by atoms with Crippen molar-refractivity contribution >= 4 is 0 Å². The molecule has 2 nitrogen and oxygen atoms in total. The molecular formula is C12H9F2NO. The smallest absolute Gasteiger partial charge is 0.220 e. The standard InChI is InChI=1S/C12H9F2NO/c13-10-3-1-9(2-4-10)11-5-8(7-16)6-15-12(11)14/h1-6,16H,7H2. The monoisotopic (exact) mass is 221 g/mol. The van der Waals surface area contributed by atoms with Gasteiger partial charge in [0, 0.05) is 11.8 Å². The van der Waals surface area contributed by atoms with Crippen LogP contribution in [-0.4, -0.2) is 10.1 Å². The highest BCUT2D eigenvalue weighted by Gasteiger charge is 2.07. The molecule has 2 rings (SSSR count). The number of aliphatic hydroxyl groups is 1. The largest absolute Gasteiger partial charge is 0.392 e. The molecule has 0 saturated carbocycles. The molecule has 4 heteroatoms. The number of aromatic nitrogens is 1. The second-order valence-electron chi connectivity index (χ2n) is 3.35. The number of hydrogen-bond acceptors (Lipinski definition) is 2. The average molecular weight is 221 g/mol. The van der Waals surface area contributed by atoms with Crippen LogP contribution in [-0.2, 0) is 6.61 Å². The van der Waals surface area contributed by atoms with Gasteiger partial charge in [0.25, 0.3) is 0 Å². The van der Waals surface area contributed by atoms with Crippen LogP contribution in [0.3, 0.4) is 0 Å². The van der Waals surface area contributed by atoms with E-state index in [2.05, 4.69) is 4.98 Å². The Morgan fingerprint density at radius 2 is 1.81 bits per heavy atom. The summed E-state index contributed by atoms with van der Waals surface area (Å²) in [4.78, 5) is 3.53. The van der Waals surface area contributed by atoms with Gasteiger partial charge in [-0.05, 0) is 29.3 Å². The zero-order valence-corrected chi connectivity index (χ0v) is 8.32. The SMILES string of the molecule is OCc1cnc(F)c(-c2ccc(F)cc2)c1. The van der Waals surface area contributed by atoms with E-state index in [-0.39, 0.29) is 18.0 Å². The van der Waals surface area contributed by atoms with E-state index in [9.17, 15) is 8.78 Å². The van der Waals surface area contributed by atoms with Crippen LogP contribution in [0.4, 0.5) is 8.78 Å². The first-order chi connectivity index (χ1) is 7.70. The number of pyridine rings is 1. The molecule has 2 aromatic rings. The predicted molar refractivity (Wildman–Crippen MR) is 55.5 cm³/mol. The fraction of sp³-hybridized carbons (Fsp3) is 0.0833. The first kappa shape index (κ1) is 10.7. The van der Waals surface area contributed by atoms with Crippen molar-refractivity contribution in [1.82, 2.24) is 4.98 Å². The van der Waals surface area contributed by atoms with Crippen LogP contribution in [0.5, 0.6) is 0 Å². The summed E-state index contributed by atoms with van der Waals surface area (Å²) >= 11 is 0. The average Bonchev–Trinajstić information content (AvgIpc) is 2.31. The van der Waals surface area contributed by atoms with Gasteiger partial charge in [-0.3, -0.25) is 0 Å². The van der Waals surface area contributed by atoms with E-state index in [0.717, 1.165) is 0 Å². The van der Waals surface area contributed by atoms with Gasteiger partial charge in [0.1, 0.15) is 5.82 Å². The molecular weight excluding hydrogens is 212 g/mol. The molecule has 82 valence electrons. The van der Waals surface area contributed by atoms with Crippen molar-refractivity contribution in [2.75, 3.05) is 0 Å². The van der Waals surface area contributed by atoms with Crippen molar-refractivity contribution in [2.24, 2.45) is 0 Å². The number of hydrogen-bond donors (Lipinski definition) is 1. The van der Waals surface area contributed by atoms with Crippen LogP contribution in [0.2, 0.25) is 0 Å². The van der Waals surface area contributed by atoms with Crippen LogP contribution in [0.1, 0.15) is 5.56 Å². The first-order valence-corrected chi connectivity index (χ1v) is 4.72. The highest BCUT2D eigenvalue weighted by atomic mass is 19.1. The van der Waals surface area contributed by atoms with Gasteiger partial charge in [-0.15, -0.1) is 0 Å². The van der Waals surface area contributed by atoms with E-state index in [0.29, 0.717) is 11.1 Å². The lowest BCUT2D eigenvalue weighted by atomic mass is 10.1. The Bertz CT molecular complexity index is 497. The van der Waals surface area contributed by atoms with E-state index in [1.54, 1.807) is 0 Å². The van der Waals surface area contributed by atoms with Crippen molar-refractivity contribution in [2.45, 2.75) is 6.61 Å². The predicted octanol–water partition coefficient (Wildman–Crippen LogP) is 2.52. The molecule has 0 saturated heterocycles. The summed E-state index contributed by atoms with van der Waals surface area (Å²) in [6, 6.07) is 6.93. The first-order valence-electron chi connectivity index (χ1n) is 4.72. The lowest BCUT2D eigenvalue weighted by Crippen LogP contribution is -1.93. The van der Waals surface area contributed by atoms with Crippen LogP contribution in [0.25, 0.3) is 11.1 Å². The molecule has 1 N–H and O–H groups in total. The van der Waals surface area contributed by atoms with Crippen molar-refractivity contribution in [3.63, 3.8) is 0 Å². The summed E-state index contributed by atoms with van der Waals surface area (Å²) in [7, 11) is 0. The summed E-state index contributed by atoms with van der Waals surface area (Å²) in [6.45, 7) is -0.207. The van der Waals surface area contributed by atoms with E-state index in [1.807, 2.05) is 0 Å². The van der Waals surface area contributed by atoms with Crippen LogP contribution >= 0.6 is 0 Å². The Balaban J connectivity index is 2.50. The summed E-state index contributed by atoms with van der Waals surface area (Å²) in [6.07, 6.45) is 1.27. The molecule has 16 heavy (non-hydrogen) atoms. The molecule has 0 aliphatic carbocycles. The number of benzene rings is 1. The molecule has 1 heterocycles. The van der Waals surface area contributed by atoms with Crippen LogP contribution < -0.4 is 0 Å². The minimum atomic E-state index is -0.635. The zero-order chi connectivity index (χ0) is 11.5. The molecule has 0 fully saturated rings. The van der Waals surface area contributed by atoms with Crippen LogP contribution in [0.15, 0.2) is 36.5 Å². The van der Waals surface area contributed by atoms with E-state index < -0.39 is 5.95 Å². The lowest BCUT2D eigenvalue weighted by Gasteiger charge is -2.04. The number of halogens is 2. The van der Waals surface area contributed by atoms with Gasteiger partial charge >= 0.3 is 0 Å². The maximum absolute atomic E-state index is 13.4. The minimum Gasteiger partial charge on any atom is -0.392 e. The Kier molecular flexibility index (Phi) is 2.92. The third-order valence-corrected chi connectivity index (χ3v) is 2.23. The topological polar surface area (TPSA) is 33.1 Å². The van der Waals surface area contributed by atoms with Crippen molar-refractivity contribution in [1.29, 1.82) is 0 Å². The van der Waals surface area contributed by atoms with Crippen molar-refractivity contribution in [3.05, 3.63) is 53.9 Å². The summed E-state index contributed by atoms with van der Waals surface area (Å²) in [5.41, 5.74) is 1.30. The summed E-state index contributed by atoms with van der Waals surface area (Å²) in [5, 5.41) is 8.92. The molecule has 0 aliphatic heterocycles. The number of aliphatic hydroxyl groups excluding tert-OH is 1. The maximum Gasteiger partial charge on any atom is 0.220 e. The third kappa shape index (κ3) is 2.06. The molecule has 0 spiro atoms. The fourth-order valence-corrected chi connectivity index (χ4v) is 1.41. The van der Waals surface area contributed by atoms with Crippen molar-refractivity contribution < 1.29 is 13.9 Å². The normalized spacial score (nSPS) is 10.4. The lowest BCUT2D eigenvalue weighted by molar-refractivity contribution is 0.281. The molecule has 0 bridgehead atoms. The molecule has 0 atom stereocenters. The van der Waals surface area contributed by atoms with Crippen molar-refractivity contribution in [3.8, 4) is 11.1 Å². The van der Waals surface area contributed by atoms with E-state index >= 15 is 0 Å². The molecule has 0 unspecified atom stereocenters. The van der Waals surface area contributed by atoms with Gasteiger partial charge in [-0.2, -0.15) is 4.39 Å². The van der Waals surface area contributed by atoms with Gasteiger partial charge in [0.05, 0.1) is 6.61 Å². The third-order valence-electron chi connectivity index (χ3n) is 2.23. The number of nitrogens with zero attached hydrogens (tertiary/aromatic N) is 1. The quantitative estimate of drug-likeness (QED) is 0.790. The van der Waals surface area contributed by atoms with Gasteiger partial charge in [-0.25, -0.2) is 9.37 Å². The molecule has 1 aromatic carbocycles. The molecule has 1 aromatic heterocycles. The highest BCUT2D eigenvalue weighted by Crippen LogP contribution is 2.22. The zero-order valence-electron chi connectivity index (χ0n) is 8.32. The van der Waals surface area contributed by atoms with Gasteiger partial charge in [0.2, 0.25) is 5.95 Å². The maximum atomic E-state index is 13.4. The Labute approximate surface area is 91.2 Å². The number of rotatable bonds is 2. The molecule has 0 amide bonds. The van der Waals surface area contributed by atoms with Crippen LogP contribution in [0, 0.1) is 11.8 Å². The summed E-state index contributed by atoms with van der Waals surface area (Å²) < 4.78 is 26.1. The fourth-order valence-electron chi connectivity index (χ4n) is 1.41. The minimum absolute atomic E-state index is 0.207. The second kappa shape index (κ2) is 4.37. The van der Waals surface area contributed by atoms with Gasteiger partial charge in [0.15, 0.2) is 0 Å². The Hall–Kier alpha value is -1.81. The Morgan fingerprint density at radius 3 is 2.44 bits per heavy atom. The molecule has 0 aliphatic rings. The van der Waals surface area contributed by atoms with E-state index in [4.69, 9.17) is 5.11 Å². The summed E-state index contributed by atoms with van der Waals surface area (Å²) in [5.74, 6) is -1.01. The van der Waals surface area contributed by atoms with Gasteiger partial charge in [-0.1, -0.05) is 12.1 Å². The van der Waals surface area contributed by atoms with Gasteiger partial charge < -0.3 is 5.11 Å². The Morgan fingerprint density at radius 1 is 1.12 bits per heavy atom. The van der Waals surface area contributed by atoms with E-state index in [1.165, 1.54) is 36.5 Å². The molecule has 0 radical (unpaired) electrons. The second-order valence-corrected chi connectivity index (χ2v) is 3.35.